The van der Waals surface area contributed by atoms with Crippen LogP contribution >= 0.6 is 0 Å². The fourth-order valence-corrected chi connectivity index (χ4v) is 3.45. The average molecular weight is 399 g/mol. The summed E-state index contributed by atoms with van der Waals surface area (Å²) in [7, 11) is 0. The highest BCUT2D eigenvalue weighted by atomic mass is 16.5. The fraction of sp³-hybridized carbons (Fsp3) is 0.522. The lowest BCUT2D eigenvalue weighted by Crippen LogP contribution is -2.42. The van der Waals surface area contributed by atoms with Gasteiger partial charge in [-0.15, -0.1) is 0 Å². The summed E-state index contributed by atoms with van der Waals surface area (Å²) in [6.07, 6.45) is 2.35. The predicted octanol–water partition coefficient (Wildman–Crippen LogP) is 4.12. The van der Waals surface area contributed by atoms with E-state index in [0.29, 0.717) is 11.5 Å². The van der Waals surface area contributed by atoms with E-state index in [2.05, 4.69) is 11.4 Å². The molecule has 1 aliphatic carbocycles. The molecule has 0 saturated heterocycles. The lowest BCUT2D eigenvalue weighted by Gasteiger charge is -2.22. The number of amides is 1. The van der Waals surface area contributed by atoms with Gasteiger partial charge in [-0.2, -0.15) is 0 Å². The van der Waals surface area contributed by atoms with Crippen LogP contribution in [0.1, 0.15) is 73.1 Å². The van der Waals surface area contributed by atoms with Crippen molar-refractivity contribution in [2.24, 2.45) is 0 Å². The van der Waals surface area contributed by atoms with Gasteiger partial charge in [0.05, 0.1) is 16.7 Å². The lowest BCUT2D eigenvalue weighted by atomic mass is 10.00. The Morgan fingerprint density at radius 3 is 2.52 bits per heavy atom. The number of nitrogens with one attached hydrogen (secondary N) is 1. The monoisotopic (exact) mass is 398 g/mol. The summed E-state index contributed by atoms with van der Waals surface area (Å²) < 4.78 is 5.63. The van der Waals surface area contributed by atoms with E-state index in [-0.39, 0.29) is 24.5 Å². The minimum Gasteiger partial charge on any atom is -0.480 e. The standard InChI is InChI=1S/C23H30N2O4/c1-13-10-14(2)20-16(11-13)17(12-19(24-20)15-6-7-15)21(26)25-18(22(27)28)8-9-29-23(3,4)5/h10-12,15,18H,6-9H2,1-5H3,(H,25,26)(H,27,28). The quantitative estimate of drug-likeness (QED) is 0.732. The second-order valence-corrected chi connectivity index (χ2v) is 8.96. The highest BCUT2D eigenvalue weighted by Gasteiger charge is 2.28. The summed E-state index contributed by atoms with van der Waals surface area (Å²) in [4.78, 5) is 29.6. The smallest absolute Gasteiger partial charge is 0.326 e. The summed E-state index contributed by atoms with van der Waals surface area (Å²) >= 11 is 0. The molecule has 1 unspecified atom stereocenters. The van der Waals surface area contributed by atoms with Crippen LogP contribution in [0.15, 0.2) is 18.2 Å². The molecule has 6 nitrogen and oxygen atoms in total. The zero-order valence-electron chi connectivity index (χ0n) is 17.8. The summed E-state index contributed by atoms with van der Waals surface area (Å²) in [5.41, 5.74) is 3.92. The summed E-state index contributed by atoms with van der Waals surface area (Å²) in [6, 6.07) is 4.82. The number of ether oxygens (including phenoxy) is 1. The van der Waals surface area contributed by atoms with Gasteiger partial charge in [0.15, 0.2) is 0 Å². The van der Waals surface area contributed by atoms with Gasteiger partial charge in [-0.25, -0.2) is 4.79 Å². The van der Waals surface area contributed by atoms with E-state index in [1.54, 1.807) is 0 Å². The number of benzene rings is 1. The van der Waals surface area contributed by atoms with Crippen LogP contribution in [-0.2, 0) is 9.53 Å². The molecule has 2 aromatic rings. The van der Waals surface area contributed by atoms with Crippen molar-refractivity contribution in [3.8, 4) is 0 Å². The molecular formula is C23H30N2O4. The number of pyridine rings is 1. The van der Waals surface area contributed by atoms with Gasteiger partial charge >= 0.3 is 5.97 Å². The van der Waals surface area contributed by atoms with Gasteiger partial charge in [0.1, 0.15) is 6.04 Å². The summed E-state index contributed by atoms with van der Waals surface area (Å²) in [5.74, 6) is -1.06. The molecule has 0 spiro atoms. The van der Waals surface area contributed by atoms with E-state index in [0.717, 1.165) is 40.6 Å². The Balaban J connectivity index is 1.89. The van der Waals surface area contributed by atoms with Crippen molar-refractivity contribution in [3.63, 3.8) is 0 Å². The van der Waals surface area contributed by atoms with Crippen molar-refractivity contribution in [2.45, 2.75) is 71.4 Å². The Hall–Kier alpha value is -2.47. The highest BCUT2D eigenvalue weighted by molar-refractivity contribution is 6.08. The van der Waals surface area contributed by atoms with Crippen molar-refractivity contribution in [1.29, 1.82) is 0 Å². The normalized spacial score (nSPS) is 15.3. The number of hydrogen-bond donors (Lipinski definition) is 2. The van der Waals surface area contributed by atoms with Crippen LogP contribution in [0.2, 0.25) is 0 Å². The number of fused-ring (bicyclic) bond motifs is 1. The van der Waals surface area contributed by atoms with Crippen LogP contribution in [0.3, 0.4) is 0 Å². The minimum atomic E-state index is -1.07. The Morgan fingerprint density at radius 1 is 1.24 bits per heavy atom. The number of carboxylic acids is 1. The molecule has 1 amide bonds. The first-order valence-electron chi connectivity index (χ1n) is 10.1. The predicted molar refractivity (Wildman–Crippen MR) is 112 cm³/mol. The van der Waals surface area contributed by atoms with Crippen molar-refractivity contribution in [2.75, 3.05) is 6.61 Å². The van der Waals surface area contributed by atoms with E-state index in [1.165, 1.54) is 0 Å². The first-order chi connectivity index (χ1) is 13.5. The van der Waals surface area contributed by atoms with Gasteiger partial charge < -0.3 is 15.2 Å². The van der Waals surface area contributed by atoms with E-state index in [9.17, 15) is 14.7 Å². The molecule has 1 aromatic carbocycles. The van der Waals surface area contributed by atoms with Gasteiger partial charge in [-0.05, 0) is 65.2 Å². The molecule has 6 heteroatoms. The third kappa shape index (κ3) is 5.32. The summed E-state index contributed by atoms with van der Waals surface area (Å²) in [6.45, 7) is 9.96. The third-order valence-electron chi connectivity index (χ3n) is 5.05. The SMILES string of the molecule is Cc1cc(C)c2nc(C3CC3)cc(C(=O)NC(CCOC(C)(C)C)C(=O)O)c2c1. The maximum absolute atomic E-state index is 13.1. The van der Waals surface area contributed by atoms with Gasteiger partial charge in [0.2, 0.25) is 0 Å². The molecule has 3 rings (SSSR count). The number of nitrogens with zero attached hydrogens (tertiary/aromatic N) is 1. The van der Waals surface area contributed by atoms with Crippen molar-refractivity contribution in [3.05, 3.63) is 40.6 Å². The van der Waals surface area contributed by atoms with E-state index >= 15 is 0 Å². The molecule has 1 fully saturated rings. The largest absolute Gasteiger partial charge is 0.480 e. The number of aromatic nitrogens is 1. The maximum atomic E-state index is 13.1. The van der Waals surface area contributed by atoms with Crippen LogP contribution in [0.4, 0.5) is 0 Å². The molecule has 1 heterocycles. The number of aliphatic carboxylic acids is 1. The minimum absolute atomic E-state index is 0.203. The Kier molecular flexibility index (Phi) is 5.94. The number of carbonyl (C=O) groups is 2. The Bertz CT molecular complexity index is 942. The van der Waals surface area contributed by atoms with Crippen LogP contribution in [0.25, 0.3) is 10.9 Å². The molecule has 0 radical (unpaired) electrons. The molecule has 1 atom stereocenters. The molecule has 1 saturated carbocycles. The van der Waals surface area contributed by atoms with Gasteiger partial charge in [0, 0.05) is 30.0 Å². The second kappa shape index (κ2) is 8.11. The average Bonchev–Trinajstić information content (AvgIpc) is 3.44. The number of aryl methyl sites for hydroxylation is 2. The van der Waals surface area contributed by atoms with Gasteiger partial charge in [-0.3, -0.25) is 9.78 Å². The molecule has 1 aliphatic rings. The molecule has 2 N–H and O–H groups in total. The first kappa shape index (κ1) is 21.2. The van der Waals surface area contributed by atoms with Gasteiger partial charge in [-0.1, -0.05) is 11.6 Å². The number of carbonyl (C=O) groups excluding carboxylic acids is 1. The Labute approximate surface area is 171 Å². The van der Waals surface area contributed by atoms with Crippen molar-refractivity contribution in [1.82, 2.24) is 10.3 Å². The second-order valence-electron chi connectivity index (χ2n) is 8.96. The van der Waals surface area contributed by atoms with Crippen molar-refractivity contribution >= 4 is 22.8 Å². The zero-order valence-corrected chi connectivity index (χ0v) is 17.8. The van der Waals surface area contributed by atoms with E-state index in [4.69, 9.17) is 9.72 Å². The maximum Gasteiger partial charge on any atom is 0.326 e. The van der Waals surface area contributed by atoms with E-state index in [1.807, 2.05) is 46.8 Å². The van der Waals surface area contributed by atoms with Crippen LogP contribution in [0, 0.1) is 13.8 Å². The van der Waals surface area contributed by atoms with Gasteiger partial charge in [0.25, 0.3) is 5.91 Å². The Morgan fingerprint density at radius 2 is 1.93 bits per heavy atom. The highest BCUT2D eigenvalue weighted by Crippen LogP contribution is 2.40. The molecule has 1 aromatic heterocycles. The lowest BCUT2D eigenvalue weighted by molar-refractivity contribution is -0.140. The number of hydrogen-bond acceptors (Lipinski definition) is 4. The van der Waals surface area contributed by atoms with Crippen molar-refractivity contribution < 1.29 is 19.4 Å². The molecule has 0 aliphatic heterocycles. The van der Waals surface area contributed by atoms with Crippen LogP contribution in [0.5, 0.6) is 0 Å². The molecule has 156 valence electrons. The topological polar surface area (TPSA) is 88.5 Å². The fourth-order valence-electron chi connectivity index (χ4n) is 3.45. The number of rotatable bonds is 7. The van der Waals surface area contributed by atoms with Crippen LogP contribution in [-0.4, -0.2) is 40.2 Å². The summed E-state index contributed by atoms with van der Waals surface area (Å²) in [5, 5.41) is 13.0. The number of carboxylic acid groups (broad SMARTS) is 1. The molecular weight excluding hydrogens is 368 g/mol. The third-order valence-corrected chi connectivity index (χ3v) is 5.05. The van der Waals surface area contributed by atoms with E-state index < -0.39 is 12.0 Å². The zero-order chi connectivity index (χ0) is 21.3. The van der Waals surface area contributed by atoms with Crippen LogP contribution < -0.4 is 5.32 Å². The first-order valence-corrected chi connectivity index (χ1v) is 10.1. The molecule has 0 bridgehead atoms. The molecule has 29 heavy (non-hydrogen) atoms.